The van der Waals surface area contributed by atoms with E-state index in [1.54, 1.807) is 13.8 Å². The van der Waals surface area contributed by atoms with Crippen molar-refractivity contribution in [2.75, 3.05) is 33.8 Å². The zero-order valence-electron chi connectivity index (χ0n) is 11.6. The lowest BCUT2D eigenvalue weighted by molar-refractivity contribution is -0.143. The molecule has 0 heterocycles. The lowest BCUT2D eigenvalue weighted by Crippen LogP contribution is -2.48. The highest BCUT2D eigenvalue weighted by atomic mass is 16.5. The van der Waals surface area contributed by atoms with Gasteiger partial charge in [0, 0.05) is 19.1 Å². The van der Waals surface area contributed by atoms with Crippen LogP contribution >= 0.6 is 0 Å². The summed E-state index contributed by atoms with van der Waals surface area (Å²) < 4.78 is 4.86. The fourth-order valence-electron chi connectivity index (χ4n) is 1.67. The number of aliphatic hydroxyl groups is 1. The molecule has 0 fully saturated rings. The summed E-state index contributed by atoms with van der Waals surface area (Å²) in [5.41, 5.74) is -0.799. The molecule has 2 unspecified atom stereocenters. The van der Waals surface area contributed by atoms with Crippen LogP contribution in [0.15, 0.2) is 0 Å². The maximum Gasteiger partial charge on any atom is 0.307 e. The van der Waals surface area contributed by atoms with E-state index in [2.05, 4.69) is 5.32 Å². The average Bonchev–Trinajstić information content (AvgIpc) is 2.13. The van der Waals surface area contributed by atoms with Crippen LogP contribution in [0.25, 0.3) is 0 Å². The number of likely N-dealkylation sites (N-methyl/N-ethyl adjacent to an activating group) is 1. The Morgan fingerprint density at radius 1 is 1.53 bits per heavy atom. The van der Waals surface area contributed by atoms with Gasteiger partial charge in [-0.2, -0.15) is 0 Å². The molecule has 5 heteroatoms. The number of hydrogen-bond acceptors (Lipinski definition) is 5. The van der Waals surface area contributed by atoms with Gasteiger partial charge in [0.2, 0.25) is 0 Å². The largest absolute Gasteiger partial charge is 0.466 e. The molecule has 0 saturated heterocycles. The summed E-state index contributed by atoms with van der Waals surface area (Å²) in [6.45, 7) is 6.90. The predicted octanol–water partition coefficient (Wildman–Crippen LogP) is 0.230. The van der Waals surface area contributed by atoms with E-state index in [4.69, 9.17) is 4.74 Å². The van der Waals surface area contributed by atoms with E-state index in [9.17, 15) is 9.90 Å². The van der Waals surface area contributed by atoms with Crippen LogP contribution in [0.3, 0.4) is 0 Å². The van der Waals surface area contributed by atoms with Crippen molar-refractivity contribution in [3.8, 4) is 0 Å². The van der Waals surface area contributed by atoms with Crippen molar-refractivity contribution in [2.45, 2.75) is 38.8 Å². The fourth-order valence-corrected chi connectivity index (χ4v) is 1.67. The molecule has 17 heavy (non-hydrogen) atoms. The Labute approximate surface area is 104 Å². The second kappa shape index (κ2) is 7.63. The number of nitrogens with one attached hydrogen (secondary N) is 1. The summed E-state index contributed by atoms with van der Waals surface area (Å²) in [6, 6.07) is 0.00249. The molecule has 0 aromatic heterocycles. The van der Waals surface area contributed by atoms with E-state index in [1.165, 1.54) is 0 Å². The third-order valence-electron chi connectivity index (χ3n) is 2.27. The molecule has 2 N–H and O–H groups in total. The predicted molar refractivity (Wildman–Crippen MR) is 67.9 cm³/mol. The molecule has 0 amide bonds. The summed E-state index contributed by atoms with van der Waals surface area (Å²) in [7, 11) is 3.83. The van der Waals surface area contributed by atoms with Crippen LogP contribution in [0.2, 0.25) is 0 Å². The highest BCUT2D eigenvalue weighted by Crippen LogP contribution is 2.04. The number of hydrogen-bond donors (Lipinski definition) is 2. The lowest BCUT2D eigenvalue weighted by atomic mass is 10.1. The second-order valence-electron chi connectivity index (χ2n) is 5.03. The van der Waals surface area contributed by atoms with Crippen LogP contribution in [-0.4, -0.2) is 61.4 Å². The molecule has 0 aliphatic carbocycles. The first kappa shape index (κ1) is 16.4. The van der Waals surface area contributed by atoms with E-state index in [0.717, 1.165) is 0 Å². The van der Waals surface area contributed by atoms with Gasteiger partial charge >= 0.3 is 5.97 Å². The fraction of sp³-hybridized carbons (Fsp3) is 0.917. The van der Waals surface area contributed by atoms with Gasteiger partial charge < -0.3 is 20.1 Å². The molecule has 0 radical (unpaired) electrons. The summed E-state index contributed by atoms with van der Waals surface area (Å²) in [6.07, 6.45) is 0.325. The van der Waals surface area contributed by atoms with Crippen molar-refractivity contribution in [1.29, 1.82) is 0 Å². The number of esters is 1. The first-order valence-electron chi connectivity index (χ1n) is 6.03. The Kier molecular flexibility index (Phi) is 7.34. The molecule has 0 aromatic carbocycles. The molecule has 0 aliphatic rings. The average molecular weight is 246 g/mol. The van der Waals surface area contributed by atoms with Crippen molar-refractivity contribution >= 4 is 5.97 Å². The van der Waals surface area contributed by atoms with E-state index in [-0.39, 0.29) is 12.0 Å². The Balaban J connectivity index is 3.89. The Bertz CT molecular complexity index is 230. The first-order valence-corrected chi connectivity index (χ1v) is 6.03. The third kappa shape index (κ3) is 9.09. The number of ether oxygens (including phenoxy) is 1. The smallest absolute Gasteiger partial charge is 0.307 e. The zero-order valence-corrected chi connectivity index (χ0v) is 11.6. The van der Waals surface area contributed by atoms with Gasteiger partial charge in [0.15, 0.2) is 0 Å². The maximum absolute atomic E-state index is 11.2. The van der Waals surface area contributed by atoms with Crippen molar-refractivity contribution in [1.82, 2.24) is 10.2 Å². The number of carbonyl (C=O) groups excluding carboxylic acids is 1. The van der Waals surface area contributed by atoms with E-state index >= 15 is 0 Å². The van der Waals surface area contributed by atoms with Crippen LogP contribution in [0.5, 0.6) is 0 Å². The summed E-state index contributed by atoms with van der Waals surface area (Å²) >= 11 is 0. The quantitative estimate of drug-likeness (QED) is 0.600. The van der Waals surface area contributed by atoms with Gasteiger partial charge in [-0.05, 0) is 34.9 Å². The minimum absolute atomic E-state index is 0.00249. The van der Waals surface area contributed by atoms with Gasteiger partial charge in [-0.1, -0.05) is 0 Å². The molecule has 0 aliphatic heterocycles. The molecule has 102 valence electrons. The normalized spacial score (nSPS) is 16.6. The van der Waals surface area contributed by atoms with Gasteiger partial charge in [-0.15, -0.1) is 0 Å². The van der Waals surface area contributed by atoms with E-state index in [0.29, 0.717) is 26.1 Å². The first-order chi connectivity index (χ1) is 7.76. The molecule has 5 nitrogen and oxygen atoms in total. The molecule has 0 rings (SSSR count). The van der Waals surface area contributed by atoms with Crippen LogP contribution in [0, 0.1) is 0 Å². The minimum atomic E-state index is -0.799. The monoisotopic (exact) mass is 246 g/mol. The zero-order chi connectivity index (χ0) is 13.5. The van der Waals surface area contributed by atoms with Crippen LogP contribution < -0.4 is 5.32 Å². The molecule has 0 bridgehead atoms. The highest BCUT2D eigenvalue weighted by Gasteiger charge is 2.22. The van der Waals surface area contributed by atoms with Crippen molar-refractivity contribution < 1.29 is 14.6 Å². The van der Waals surface area contributed by atoms with Crippen LogP contribution in [0.4, 0.5) is 0 Å². The summed E-state index contributed by atoms with van der Waals surface area (Å²) in [4.78, 5) is 13.2. The Morgan fingerprint density at radius 2 is 2.12 bits per heavy atom. The topological polar surface area (TPSA) is 61.8 Å². The van der Waals surface area contributed by atoms with Crippen LogP contribution in [-0.2, 0) is 9.53 Å². The van der Waals surface area contributed by atoms with Crippen molar-refractivity contribution in [3.63, 3.8) is 0 Å². The Morgan fingerprint density at radius 3 is 2.59 bits per heavy atom. The van der Waals surface area contributed by atoms with E-state index in [1.807, 2.05) is 25.9 Å². The molecule has 0 spiro atoms. The third-order valence-corrected chi connectivity index (χ3v) is 2.27. The Hall–Kier alpha value is -0.650. The minimum Gasteiger partial charge on any atom is -0.466 e. The SMILES string of the molecule is CCOC(=O)CC(C)NCC(C)(O)CN(C)C. The van der Waals surface area contributed by atoms with E-state index < -0.39 is 5.60 Å². The lowest BCUT2D eigenvalue weighted by Gasteiger charge is -2.28. The second-order valence-corrected chi connectivity index (χ2v) is 5.03. The summed E-state index contributed by atoms with van der Waals surface area (Å²) in [5.74, 6) is -0.209. The van der Waals surface area contributed by atoms with Gasteiger partial charge in [-0.25, -0.2) is 0 Å². The van der Waals surface area contributed by atoms with Crippen molar-refractivity contribution in [2.24, 2.45) is 0 Å². The molecular weight excluding hydrogens is 220 g/mol. The van der Waals surface area contributed by atoms with Crippen molar-refractivity contribution in [3.05, 3.63) is 0 Å². The molecule has 2 atom stereocenters. The number of rotatable bonds is 8. The number of nitrogens with zero attached hydrogens (tertiary/aromatic N) is 1. The number of carbonyl (C=O) groups is 1. The standard InChI is InChI=1S/C12H26N2O3/c1-6-17-11(15)7-10(2)13-8-12(3,16)9-14(4)5/h10,13,16H,6-9H2,1-5H3. The molecule has 0 saturated carbocycles. The van der Waals surface area contributed by atoms with Crippen LogP contribution in [0.1, 0.15) is 27.2 Å². The van der Waals surface area contributed by atoms with Gasteiger partial charge in [0.05, 0.1) is 18.6 Å². The molecular formula is C12H26N2O3. The van der Waals surface area contributed by atoms with Gasteiger partial charge in [0.1, 0.15) is 0 Å². The van der Waals surface area contributed by atoms with Gasteiger partial charge in [0.25, 0.3) is 0 Å². The summed E-state index contributed by atoms with van der Waals surface area (Å²) in [5, 5.41) is 13.2. The van der Waals surface area contributed by atoms with Gasteiger partial charge in [-0.3, -0.25) is 4.79 Å². The highest BCUT2D eigenvalue weighted by molar-refractivity contribution is 5.69. The molecule has 0 aromatic rings. The maximum atomic E-state index is 11.2.